The molecule has 0 spiro atoms. The van der Waals surface area contributed by atoms with E-state index in [1.54, 1.807) is 19.3 Å². The summed E-state index contributed by atoms with van der Waals surface area (Å²) in [6.07, 6.45) is 2.58. The third-order valence-electron chi connectivity index (χ3n) is 3.82. The maximum atomic E-state index is 10.6. The summed E-state index contributed by atoms with van der Waals surface area (Å²) in [6, 6.07) is 3.62. The van der Waals surface area contributed by atoms with Crippen molar-refractivity contribution >= 4 is 29.9 Å². The van der Waals surface area contributed by atoms with Crippen molar-refractivity contribution in [3.8, 4) is 0 Å². The number of rotatable bonds is 8. The van der Waals surface area contributed by atoms with Crippen LogP contribution in [0, 0.1) is 6.92 Å². The number of aryl methyl sites for hydroxylation is 2. The lowest BCUT2D eigenvalue weighted by atomic mass is 10.0. The normalized spacial score (nSPS) is 13.8. The van der Waals surface area contributed by atoms with Gasteiger partial charge in [-0.3, -0.25) is 0 Å². The Hall–Kier alpha value is -1.62. The largest absolute Gasteiger partial charge is 0.463 e. The molecular weight excluding hydrogens is 447 g/mol. The molecule has 0 aliphatic heterocycles. The molecule has 0 saturated carbocycles. The van der Waals surface area contributed by atoms with Crippen molar-refractivity contribution < 1.29 is 9.52 Å². The minimum atomic E-state index is -1.15. The van der Waals surface area contributed by atoms with Crippen LogP contribution in [0.5, 0.6) is 0 Å². The van der Waals surface area contributed by atoms with Crippen LogP contribution >= 0.6 is 24.0 Å². The maximum absolute atomic E-state index is 10.6. The second-order valence-corrected chi connectivity index (χ2v) is 6.10. The van der Waals surface area contributed by atoms with Gasteiger partial charge in [0.1, 0.15) is 29.3 Å². The van der Waals surface area contributed by atoms with Gasteiger partial charge in [-0.2, -0.15) is 0 Å². The van der Waals surface area contributed by atoms with E-state index in [1.807, 2.05) is 24.5 Å². The Morgan fingerprint density at radius 3 is 2.73 bits per heavy atom. The second kappa shape index (κ2) is 10.5. The summed E-state index contributed by atoms with van der Waals surface area (Å²) in [5.74, 6) is 2.89. The van der Waals surface area contributed by atoms with Gasteiger partial charge in [0, 0.05) is 26.1 Å². The molecule has 0 radical (unpaired) electrons. The van der Waals surface area contributed by atoms with Gasteiger partial charge in [-0.15, -0.1) is 34.2 Å². The Morgan fingerprint density at radius 2 is 2.12 bits per heavy atom. The van der Waals surface area contributed by atoms with Crippen molar-refractivity contribution in [2.24, 2.45) is 4.99 Å². The van der Waals surface area contributed by atoms with Crippen molar-refractivity contribution in [2.75, 3.05) is 19.6 Å². The van der Waals surface area contributed by atoms with Crippen molar-refractivity contribution in [1.29, 1.82) is 0 Å². The Kier molecular flexibility index (Phi) is 9.06. The first-order valence-electron chi connectivity index (χ1n) is 8.64. The maximum Gasteiger partial charge on any atom is 0.191 e. The molecule has 0 amide bonds. The van der Waals surface area contributed by atoms with Crippen molar-refractivity contribution in [3.05, 3.63) is 35.8 Å². The van der Waals surface area contributed by atoms with Crippen LogP contribution in [0.3, 0.4) is 0 Å². The first-order chi connectivity index (χ1) is 12.0. The first kappa shape index (κ1) is 22.4. The van der Waals surface area contributed by atoms with Gasteiger partial charge in [-0.05, 0) is 32.9 Å². The summed E-state index contributed by atoms with van der Waals surface area (Å²) >= 11 is 0. The third kappa shape index (κ3) is 6.27. The highest BCUT2D eigenvalue weighted by Gasteiger charge is 2.26. The molecule has 2 aromatic heterocycles. The smallest absolute Gasteiger partial charge is 0.191 e. The van der Waals surface area contributed by atoms with Crippen LogP contribution in [0.25, 0.3) is 0 Å². The lowest BCUT2D eigenvalue weighted by molar-refractivity contribution is 0.0428. The number of hydrogen-bond acceptors (Lipinski definition) is 5. The molecule has 1 unspecified atom stereocenters. The molecule has 0 saturated heterocycles. The Balaban J connectivity index is 0.00000338. The quantitative estimate of drug-likeness (QED) is 0.306. The molecule has 8 nitrogen and oxygen atoms in total. The number of nitrogens with zero attached hydrogens (tertiary/aromatic N) is 4. The Bertz CT molecular complexity index is 695. The van der Waals surface area contributed by atoms with Crippen LogP contribution in [-0.2, 0) is 18.6 Å². The molecule has 0 aliphatic carbocycles. The highest BCUT2D eigenvalue weighted by molar-refractivity contribution is 14.0. The Labute approximate surface area is 171 Å². The molecule has 146 valence electrons. The van der Waals surface area contributed by atoms with Crippen LogP contribution in [0.4, 0.5) is 0 Å². The number of hydrogen-bond donors (Lipinski definition) is 3. The zero-order valence-electron chi connectivity index (χ0n) is 15.8. The predicted octanol–water partition coefficient (Wildman–Crippen LogP) is 1.82. The zero-order valence-corrected chi connectivity index (χ0v) is 18.2. The van der Waals surface area contributed by atoms with Crippen molar-refractivity contribution in [1.82, 2.24) is 25.4 Å². The molecular formula is C17H29IN6O2. The van der Waals surface area contributed by atoms with Crippen LogP contribution < -0.4 is 10.6 Å². The predicted molar refractivity (Wildman–Crippen MR) is 112 cm³/mol. The molecule has 0 fully saturated rings. The molecule has 0 aromatic carbocycles. The number of guanidine groups is 1. The monoisotopic (exact) mass is 476 g/mol. The molecule has 2 aromatic rings. The van der Waals surface area contributed by atoms with E-state index in [4.69, 9.17) is 4.42 Å². The lowest BCUT2D eigenvalue weighted by Crippen LogP contribution is -2.40. The number of furan rings is 1. The summed E-state index contributed by atoms with van der Waals surface area (Å²) in [5, 5.41) is 25.0. The van der Waals surface area contributed by atoms with Crippen molar-refractivity contribution in [3.63, 3.8) is 0 Å². The van der Waals surface area contributed by atoms with Gasteiger partial charge < -0.3 is 24.7 Å². The minimum absolute atomic E-state index is 0. The fraction of sp³-hybridized carbons (Fsp3) is 0.588. The summed E-state index contributed by atoms with van der Waals surface area (Å²) in [5.41, 5.74) is -1.15. The third-order valence-corrected chi connectivity index (χ3v) is 3.82. The van der Waals surface area contributed by atoms with E-state index in [0.29, 0.717) is 18.3 Å². The summed E-state index contributed by atoms with van der Waals surface area (Å²) in [4.78, 5) is 4.48. The van der Waals surface area contributed by atoms with Crippen molar-refractivity contribution in [2.45, 2.75) is 46.3 Å². The van der Waals surface area contributed by atoms with Gasteiger partial charge in [0.05, 0.1) is 6.54 Å². The van der Waals surface area contributed by atoms with Crippen LogP contribution in [0.1, 0.15) is 38.1 Å². The number of aromatic nitrogens is 3. The molecule has 0 aliphatic rings. The van der Waals surface area contributed by atoms with Crippen LogP contribution in [0.15, 0.2) is 27.9 Å². The topological polar surface area (TPSA) is 100 Å². The first-order valence-corrected chi connectivity index (χ1v) is 8.64. The Morgan fingerprint density at radius 1 is 1.35 bits per heavy atom. The van der Waals surface area contributed by atoms with E-state index in [1.165, 1.54) is 0 Å². The highest BCUT2D eigenvalue weighted by atomic mass is 127. The average molecular weight is 476 g/mol. The van der Waals surface area contributed by atoms with Gasteiger partial charge in [0.15, 0.2) is 5.96 Å². The number of nitrogens with one attached hydrogen (secondary N) is 2. The summed E-state index contributed by atoms with van der Waals surface area (Å²) < 4.78 is 7.53. The summed E-state index contributed by atoms with van der Waals surface area (Å²) in [6.45, 7) is 9.96. The molecule has 0 bridgehead atoms. The van der Waals surface area contributed by atoms with E-state index in [0.717, 1.165) is 31.1 Å². The van der Waals surface area contributed by atoms with Gasteiger partial charge in [0.25, 0.3) is 0 Å². The highest BCUT2D eigenvalue weighted by Crippen LogP contribution is 2.22. The van der Waals surface area contributed by atoms with Crippen LogP contribution in [0.2, 0.25) is 0 Å². The SMILES string of the molecule is CCNC(=NCC(C)(O)c1ccc(C)o1)NCCn1cnnc1CC.I. The number of aliphatic hydroxyl groups is 1. The van der Waals surface area contributed by atoms with Gasteiger partial charge in [0.2, 0.25) is 0 Å². The van der Waals surface area contributed by atoms with E-state index in [9.17, 15) is 5.11 Å². The van der Waals surface area contributed by atoms with E-state index in [2.05, 4.69) is 32.7 Å². The van der Waals surface area contributed by atoms with Gasteiger partial charge in [-0.25, -0.2) is 4.99 Å². The molecule has 3 N–H and O–H groups in total. The molecule has 1 atom stereocenters. The number of halogens is 1. The zero-order chi connectivity index (χ0) is 18.3. The second-order valence-electron chi connectivity index (χ2n) is 6.10. The molecule has 2 heterocycles. The summed E-state index contributed by atoms with van der Waals surface area (Å²) in [7, 11) is 0. The van der Waals surface area contributed by atoms with E-state index < -0.39 is 5.60 Å². The van der Waals surface area contributed by atoms with Gasteiger partial charge >= 0.3 is 0 Å². The lowest BCUT2D eigenvalue weighted by Gasteiger charge is -2.19. The average Bonchev–Trinajstić information content (AvgIpc) is 3.21. The van der Waals surface area contributed by atoms with Crippen LogP contribution in [-0.4, -0.2) is 45.5 Å². The van der Waals surface area contributed by atoms with E-state index >= 15 is 0 Å². The van der Waals surface area contributed by atoms with Gasteiger partial charge in [-0.1, -0.05) is 6.92 Å². The fourth-order valence-corrected chi connectivity index (χ4v) is 2.41. The fourth-order valence-electron chi connectivity index (χ4n) is 2.41. The standard InChI is InChI=1S/C17H28N6O2.HI/c1-5-15-22-21-12-23(15)10-9-19-16(18-6-2)20-11-17(4,24)14-8-7-13(3)25-14;/h7-8,12,24H,5-6,9-11H2,1-4H3,(H2,18,19,20);1H. The minimum Gasteiger partial charge on any atom is -0.463 e. The number of aliphatic imine (C=N–C) groups is 1. The molecule has 26 heavy (non-hydrogen) atoms. The van der Waals surface area contributed by atoms with E-state index in [-0.39, 0.29) is 30.5 Å². The molecule has 2 rings (SSSR count). The molecule has 9 heteroatoms.